The lowest BCUT2D eigenvalue weighted by Gasteiger charge is -2.15. The van der Waals surface area contributed by atoms with Crippen molar-refractivity contribution in [1.29, 1.82) is 0 Å². The Labute approximate surface area is 102 Å². The minimum Gasteiger partial charge on any atom is -0.471 e. The van der Waals surface area contributed by atoms with E-state index in [9.17, 15) is 0 Å². The minimum atomic E-state index is 0.129. The van der Waals surface area contributed by atoms with Crippen LogP contribution in [0.25, 0.3) is 0 Å². The topological polar surface area (TPSA) is 56.3 Å². The van der Waals surface area contributed by atoms with E-state index in [0.717, 1.165) is 37.4 Å². The van der Waals surface area contributed by atoms with Crippen LogP contribution in [0, 0.1) is 0 Å². The predicted molar refractivity (Wildman–Crippen MR) is 65.4 cm³/mol. The molecule has 1 fully saturated rings. The summed E-state index contributed by atoms with van der Waals surface area (Å²) in [6.45, 7) is 6.40. The molecule has 17 heavy (non-hydrogen) atoms. The van der Waals surface area contributed by atoms with Gasteiger partial charge in [0, 0.05) is 13.0 Å². The van der Waals surface area contributed by atoms with E-state index in [1.165, 1.54) is 0 Å². The molecule has 0 aliphatic carbocycles. The van der Waals surface area contributed by atoms with E-state index in [0.29, 0.717) is 12.5 Å². The first kappa shape index (κ1) is 12.1. The smallest absolute Gasteiger partial charge is 0.222 e. The molecule has 0 saturated carbocycles. The summed E-state index contributed by atoms with van der Waals surface area (Å²) in [5.74, 6) is 1.56. The number of aromatic nitrogens is 2. The van der Waals surface area contributed by atoms with Gasteiger partial charge in [0.1, 0.15) is 18.2 Å². The van der Waals surface area contributed by atoms with Crippen LogP contribution in [0.2, 0.25) is 0 Å². The van der Waals surface area contributed by atoms with Gasteiger partial charge in [-0.1, -0.05) is 6.92 Å². The monoisotopic (exact) mass is 237 g/mol. The maximum atomic E-state index is 5.87. The third-order valence-corrected chi connectivity index (χ3v) is 2.77. The first-order valence-electron chi connectivity index (χ1n) is 6.17. The summed E-state index contributed by atoms with van der Waals surface area (Å²) in [7, 11) is 0. The van der Waals surface area contributed by atoms with Gasteiger partial charge in [0.15, 0.2) is 0 Å². The van der Waals surface area contributed by atoms with Crippen LogP contribution < -0.4 is 10.1 Å². The fraction of sp³-hybridized carbons (Fsp3) is 0.667. The largest absolute Gasteiger partial charge is 0.471 e. The molecule has 0 aromatic carbocycles. The molecule has 1 unspecified atom stereocenters. The molecule has 1 aromatic rings. The van der Waals surface area contributed by atoms with Crippen molar-refractivity contribution in [1.82, 2.24) is 9.97 Å². The normalized spacial score (nSPS) is 19.3. The number of ether oxygens (including phenoxy) is 2. The van der Waals surface area contributed by atoms with Crippen LogP contribution in [-0.2, 0) is 11.2 Å². The molecule has 5 nitrogen and oxygen atoms in total. The van der Waals surface area contributed by atoms with E-state index >= 15 is 0 Å². The Bertz CT molecular complexity index is 365. The number of hydrogen-bond acceptors (Lipinski definition) is 5. The lowest BCUT2D eigenvalue weighted by atomic mass is 10.2. The molecule has 1 saturated heterocycles. The van der Waals surface area contributed by atoms with E-state index in [2.05, 4.69) is 22.2 Å². The molecule has 0 bridgehead atoms. The van der Waals surface area contributed by atoms with Gasteiger partial charge >= 0.3 is 0 Å². The third-order valence-electron chi connectivity index (χ3n) is 2.77. The first-order valence-corrected chi connectivity index (χ1v) is 6.17. The molecule has 0 amide bonds. The average molecular weight is 237 g/mol. The minimum absolute atomic E-state index is 0.129. The zero-order valence-corrected chi connectivity index (χ0v) is 10.4. The van der Waals surface area contributed by atoms with Gasteiger partial charge in [-0.25, -0.2) is 9.97 Å². The molecule has 1 aromatic heterocycles. The summed E-state index contributed by atoms with van der Waals surface area (Å²) in [6.07, 6.45) is 3.46. The molecule has 0 radical (unpaired) electrons. The highest BCUT2D eigenvalue weighted by Crippen LogP contribution is 2.24. The van der Waals surface area contributed by atoms with E-state index in [1.54, 1.807) is 6.33 Å². The van der Waals surface area contributed by atoms with Crippen molar-refractivity contribution in [3.63, 3.8) is 0 Å². The van der Waals surface area contributed by atoms with Gasteiger partial charge < -0.3 is 14.8 Å². The van der Waals surface area contributed by atoms with Crippen LogP contribution in [0.15, 0.2) is 6.33 Å². The fourth-order valence-corrected chi connectivity index (χ4v) is 1.90. The van der Waals surface area contributed by atoms with Crippen LogP contribution in [-0.4, -0.2) is 35.8 Å². The van der Waals surface area contributed by atoms with E-state index in [4.69, 9.17) is 9.47 Å². The molecule has 2 heterocycles. The van der Waals surface area contributed by atoms with Crippen molar-refractivity contribution in [2.75, 3.05) is 25.1 Å². The Morgan fingerprint density at radius 1 is 1.47 bits per heavy atom. The van der Waals surface area contributed by atoms with Crippen molar-refractivity contribution < 1.29 is 9.47 Å². The molecule has 1 aliphatic rings. The summed E-state index contributed by atoms with van der Waals surface area (Å²) in [4.78, 5) is 8.47. The second-order valence-electron chi connectivity index (χ2n) is 3.99. The van der Waals surface area contributed by atoms with Crippen LogP contribution in [0.3, 0.4) is 0 Å². The predicted octanol–water partition coefficient (Wildman–Crippen LogP) is 1.64. The van der Waals surface area contributed by atoms with Gasteiger partial charge in [-0.05, 0) is 13.3 Å². The van der Waals surface area contributed by atoms with Crippen LogP contribution in [0.1, 0.15) is 25.8 Å². The highest BCUT2D eigenvalue weighted by molar-refractivity contribution is 5.48. The van der Waals surface area contributed by atoms with Gasteiger partial charge in [-0.15, -0.1) is 0 Å². The lowest BCUT2D eigenvalue weighted by molar-refractivity contribution is 0.137. The first-order chi connectivity index (χ1) is 8.35. The SMILES string of the molecule is CCNc1ncnc(OC2CCOC2)c1CC. The van der Waals surface area contributed by atoms with Crippen LogP contribution in [0.4, 0.5) is 5.82 Å². The maximum Gasteiger partial charge on any atom is 0.222 e. The van der Waals surface area contributed by atoms with Gasteiger partial charge in [-0.3, -0.25) is 0 Å². The number of rotatable bonds is 5. The second-order valence-corrected chi connectivity index (χ2v) is 3.99. The molecule has 1 N–H and O–H groups in total. The molecule has 1 aliphatic heterocycles. The number of hydrogen-bond donors (Lipinski definition) is 1. The fourth-order valence-electron chi connectivity index (χ4n) is 1.90. The van der Waals surface area contributed by atoms with Crippen LogP contribution in [0.5, 0.6) is 5.88 Å². The molecule has 0 spiro atoms. The van der Waals surface area contributed by atoms with E-state index in [-0.39, 0.29) is 6.10 Å². The van der Waals surface area contributed by atoms with Crippen molar-refractivity contribution in [3.8, 4) is 5.88 Å². The third kappa shape index (κ3) is 2.85. The highest BCUT2D eigenvalue weighted by atomic mass is 16.5. The summed E-state index contributed by atoms with van der Waals surface area (Å²) in [5, 5.41) is 3.23. The lowest BCUT2D eigenvalue weighted by Crippen LogP contribution is -2.18. The quantitative estimate of drug-likeness (QED) is 0.843. The zero-order valence-electron chi connectivity index (χ0n) is 10.4. The van der Waals surface area contributed by atoms with E-state index in [1.807, 2.05) is 6.92 Å². The Balaban J connectivity index is 2.16. The Morgan fingerprint density at radius 3 is 3.00 bits per heavy atom. The Hall–Kier alpha value is -1.36. The van der Waals surface area contributed by atoms with Crippen molar-refractivity contribution in [3.05, 3.63) is 11.9 Å². The maximum absolute atomic E-state index is 5.87. The zero-order chi connectivity index (χ0) is 12.1. The molecular formula is C12H19N3O2. The van der Waals surface area contributed by atoms with Crippen molar-refractivity contribution in [2.45, 2.75) is 32.8 Å². The van der Waals surface area contributed by atoms with Gasteiger partial charge in [-0.2, -0.15) is 0 Å². The Morgan fingerprint density at radius 2 is 2.35 bits per heavy atom. The summed E-state index contributed by atoms with van der Waals surface area (Å²) in [6, 6.07) is 0. The molecule has 1 atom stereocenters. The number of nitrogens with one attached hydrogen (secondary N) is 1. The summed E-state index contributed by atoms with van der Waals surface area (Å²) >= 11 is 0. The van der Waals surface area contributed by atoms with Crippen molar-refractivity contribution >= 4 is 5.82 Å². The van der Waals surface area contributed by atoms with Gasteiger partial charge in [0.25, 0.3) is 0 Å². The molecule has 2 rings (SSSR count). The van der Waals surface area contributed by atoms with E-state index < -0.39 is 0 Å². The Kier molecular flexibility index (Phi) is 4.14. The highest BCUT2D eigenvalue weighted by Gasteiger charge is 2.20. The molecular weight excluding hydrogens is 218 g/mol. The second kappa shape index (κ2) is 5.82. The molecule has 5 heteroatoms. The number of nitrogens with zero attached hydrogens (tertiary/aromatic N) is 2. The standard InChI is InChI=1S/C12H19N3O2/c1-3-10-11(13-4-2)14-8-15-12(10)17-9-5-6-16-7-9/h8-9H,3-7H2,1-2H3,(H,13,14,15). The van der Waals surface area contributed by atoms with Crippen LogP contribution >= 0.6 is 0 Å². The summed E-state index contributed by atoms with van der Waals surface area (Å²) < 4.78 is 11.2. The average Bonchev–Trinajstić information content (AvgIpc) is 2.83. The van der Waals surface area contributed by atoms with Crippen molar-refractivity contribution in [2.24, 2.45) is 0 Å². The number of anilines is 1. The molecule has 94 valence electrons. The van der Waals surface area contributed by atoms with Gasteiger partial charge in [0.05, 0.1) is 18.8 Å². The van der Waals surface area contributed by atoms with Gasteiger partial charge in [0.2, 0.25) is 5.88 Å². The summed E-state index contributed by atoms with van der Waals surface area (Å²) in [5.41, 5.74) is 1.04.